The van der Waals surface area contributed by atoms with Crippen LogP contribution in [0.4, 0.5) is 0 Å². The Morgan fingerprint density at radius 1 is 1.32 bits per heavy atom. The standard InChI is InChI=1S/C20H32O2/c1-15(10-13-21)6-8-17-16(2)7-9-18-19(3,14-22)11-5-12-20(17,18)4/h13-15,17-18H,2,5-12H2,1,3-4H3/t15-,17-,18-,19+,20+/m0/s1. The number of aldehydes is 2. The van der Waals surface area contributed by atoms with E-state index in [9.17, 15) is 9.59 Å². The molecule has 0 amide bonds. The van der Waals surface area contributed by atoms with E-state index in [2.05, 4.69) is 27.4 Å². The summed E-state index contributed by atoms with van der Waals surface area (Å²) < 4.78 is 0. The maximum absolute atomic E-state index is 11.8. The highest BCUT2D eigenvalue weighted by atomic mass is 16.1. The molecule has 0 aromatic rings. The highest BCUT2D eigenvalue weighted by Crippen LogP contribution is 2.61. The first-order valence-electron chi connectivity index (χ1n) is 8.95. The lowest BCUT2D eigenvalue weighted by atomic mass is 9.47. The Kier molecular flexibility index (Phi) is 5.29. The molecule has 2 heteroatoms. The number of fused-ring (bicyclic) bond motifs is 1. The summed E-state index contributed by atoms with van der Waals surface area (Å²) in [5.41, 5.74) is 1.44. The lowest BCUT2D eigenvalue weighted by Gasteiger charge is -2.57. The zero-order chi connectivity index (χ0) is 16.4. The average Bonchev–Trinajstić information content (AvgIpc) is 2.46. The topological polar surface area (TPSA) is 34.1 Å². The van der Waals surface area contributed by atoms with Crippen molar-refractivity contribution in [2.75, 3.05) is 0 Å². The molecule has 2 aliphatic rings. The van der Waals surface area contributed by atoms with Crippen molar-refractivity contribution >= 4 is 12.6 Å². The number of hydrogen-bond acceptors (Lipinski definition) is 2. The molecular weight excluding hydrogens is 272 g/mol. The molecule has 0 aromatic carbocycles. The Morgan fingerprint density at radius 3 is 2.68 bits per heavy atom. The second-order valence-electron chi connectivity index (χ2n) is 8.37. The van der Waals surface area contributed by atoms with Crippen LogP contribution in [0.5, 0.6) is 0 Å². The Balaban J connectivity index is 2.18. The van der Waals surface area contributed by atoms with Crippen LogP contribution in [-0.2, 0) is 9.59 Å². The van der Waals surface area contributed by atoms with Crippen molar-refractivity contribution in [2.24, 2.45) is 28.6 Å². The summed E-state index contributed by atoms with van der Waals surface area (Å²) >= 11 is 0. The van der Waals surface area contributed by atoms with Crippen molar-refractivity contribution in [2.45, 2.75) is 72.1 Å². The third-order valence-electron chi connectivity index (χ3n) is 6.78. The Bertz CT molecular complexity index is 441. The molecule has 2 aliphatic carbocycles. The molecule has 0 radical (unpaired) electrons. The minimum atomic E-state index is -0.152. The molecule has 0 bridgehead atoms. The highest BCUT2D eigenvalue weighted by Gasteiger charge is 2.54. The van der Waals surface area contributed by atoms with E-state index in [0.717, 1.165) is 44.8 Å². The van der Waals surface area contributed by atoms with Gasteiger partial charge in [0.25, 0.3) is 0 Å². The highest BCUT2D eigenvalue weighted by molar-refractivity contribution is 5.60. The van der Waals surface area contributed by atoms with E-state index in [1.54, 1.807) is 0 Å². The number of rotatable bonds is 6. The molecule has 0 aromatic heterocycles. The number of hydrogen-bond donors (Lipinski definition) is 0. The average molecular weight is 304 g/mol. The van der Waals surface area contributed by atoms with E-state index >= 15 is 0 Å². The first kappa shape index (κ1) is 17.4. The van der Waals surface area contributed by atoms with Crippen LogP contribution in [-0.4, -0.2) is 12.6 Å². The van der Waals surface area contributed by atoms with Gasteiger partial charge >= 0.3 is 0 Å². The van der Waals surface area contributed by atoms with Crippen LogP contribution in [0, 0.1) is 28.6 Å². The van der Waals surface area contributed by atoms with Crippen LogP contribution in [0.3, 0.4) is 0 Å². The van der Waals surface area contributed by atoms with Crippen molar-refractivity contribution in [1.82, 2.24) is 0 Å². The largest absolute Gasteiger partial charge is 0.303 e. The fourth-order valence-corrected chi connectivity index (χ4v) is 5.41. The second-order valence-corrected chi connectivity index (χ2v) is 8.37. The molecule has 0 aliphatic heterocycles. The van der Waals surface area contributed by atoms with E-state index in [1.165, 1.54) is 18.3 Å². The van der Waals surface area contributed by atoms with E-state index in [0.29, 0.717) is 24.2 Å². The Labute approximate surface area is 135 Å². The van der Waals surface area contributed by atoms with E-state index in [4.69, 9.17) is 0 Å². The Hall–Kier alpha value is -0.920. The predicted octanol–water partition coefficient (Wildman–Crippen LogP) is 4.97. The smallest absolute Gasteiger partial charge is 0.126 e. The van der Waals surface area contributed by atoms with Crippen LogP contribution >= 0.6 is 0 Å². The monoisotopic (exact) mass is 304 g/mol. The maximum atomic E-state index is 11.8. The summed E-state index contributed by atoms with van der Waals surface area (Å²) in [4.78, 5) is 22.4. The van der Waals surface area contributed by atoms with Gasteiger partial charge in [0.1, 0.15) is 12.6 Å². The molecule has 0 unspecified atom stereocenters. The molecule has 0 heterocycles. The lowest BCUT2D eigenvalue weighted by molar-refractivity contribution is -0.130. The van der Waals surface area contributed by atoms with E-state index in [-0.39, 0.29) is 10.8 Å². The van der Waals surface area contributed by atoms with Gasteiger partial charge in [-0.2, -0.15) is 0 Å². The second kappa shape index (κ2) is 6.68. The number of allylic oxidation sites excluding steroid dienone is 1. The van der Waals surface area contributed by atoms with Gasteiger partial charge in [0, 0.05) is 11.8 Å². The molecule has 22 heavy (non-hydrogen) atoms. The zero-order valence-corrected chi connectivity index (χ0v) is 14.6. The predicted molar refractivity (Wildman–Crippen MR) is 90.6 cm³/mol. The third kappa shape index (κ3) is 3.07. The molecule has 2 rings (SSSR count). The third-order valence-corrected chi connectivity index (χ3v) is 6.78. The normalized spacial score (nSPS) is 39.9. The molecule has 0 spiro atoms. The molecule has 2 saturated carbocycles. The van der Waals surface area contributed by atoms with Gasteiger partial charge in [-0.3, -0.25) is 0 Å². The summed E-state index contributed by atoms with van der Waals surface area (Å²) in [5, 5.41) is 0. The number of carbonyl (C=O) groups is 2. The molecule has 0 saturated heterocycles. The summed E-state index contributed by atoms with van der Waals surface area (Å²) in [5.74, 6) is 1.46. The zero-order valence-electron chi connectivity index (χ0n) is 14.6. The summed E-state index contributed by atoms with van der Waals surface area (Å²) in [7, 11) is 0. The molecular formula is C20H32O2. The van der Waals surface area contributed by atoms with Crippen LogP contribution in [0.2, 0.25) is 0 Å². The van der Waals surface area contributed by atoms with Gasteiger partial charge in [0.05, 0.1) is 0 Å². The van der Waals surface area contributed by atoms with E-state index < -0.39 is 0 Å². The first-order chi connectivity index (χ1) is 10.4. The van der Waals surface area contributed by atoms with Gasteiger partial charge in [0.15, 0.2) is 0 Å². The van der Waals surface area contributed by atoms with Crippen LogP contribution in [0.1, 0.15) is 72.1 Å². The summed E-state index contributed by atoms with van der Waals surface area (Å²) in [6, 6.07) is 0. The van der Waals surface area contributed by atoms with Crippen LogP contribution < -0.4 is 0 Å². The minimum absolute atomic E-state index is 0.152. The van der Waals surface area contributed by atoms with Crippen LogP contribution in [0.25, 0.3) is 0 Å². The van der Waals surface area contributed by atoms with Crippen LogP contribution in [0.15, 0.2) is 12.2 Å². The molecule has 5 atom stereocenters. The van der Waals surface area contributed by atoms with Crippen molar-refractivity contribution in [3.05, 3.63) is 12.2 Å². The maximum Gasteiger partial charge on any atom is 0.126 e. The van der Waals surface area contributed by atoms with Gasteiger partial charge in [-0.25, -0.2) is 0 Å². The molecule has 2 fully saturated rings. The van der Waals surface area contributed by atoms with Crippen molar-refractivity contribution in [3.63, 3.8) is 0 Å². The number of carbonyl (C=O) groups excluding carboxylic acids is 2. The molecule has 124 valence electrons. The SMILES string of the molecule is C=C1CC[C@@H]2[C@](C)(CCC[C@]2(C)C=O)[C@H]1CC[C@H](C)CC=O. The fourth-order valence-electron chi connectivity index (χ4n) is 5.41. The van der Waals surface area contributed by atoms with Crippen molar-refractivity contribution < 1.29 is 9.59 Å². The lowest BCUT2D eigenvalue weighted by Crippen LogP contribution is -2.51. The van der Waals surface area contributed by atoms with Gasteiger partial charge in [-0.15, -0.1) is 0 Å². The van der Waals surface area contributed by atoms with E-state index in [1.807, 2.05) is 0 Å². The van der Waals surface area contributed by atoms with Gasteiger partial charge in [-0.1, -0.05) is 39.3 Å². The van der Waals surface area contributed by atoms with Crippen molar-refractivity contribution in [1.29, 1.82) is 0 Å². The fraction of sp³-hybridized carbons (Fsp3) is 0.800. The Morgan fingerprint density at radius 2 is 2.05 bits per heavy atom. The van der Waals surface area contributed by atoms with Gasteiger partial charge in [0.2, 0.25) is 0 Å². The van der Waals surface area contributed by atoms with Crippen molar-refractivity contribution in [3.8, 4) is 0 Å². The summed E-state index contributed by atoms with van der Waals surface area (Å²) in [6.07, 6.45) is 10.7. The van der Waals surface area contributed by atoms with Gasteiger partial charge in [-0.05, 0) is 61.7 Å². The summed E-state index contributed by atoms with van der Waals surface area (Å²) in [6.45, 7) is 11.1. The first-order valence-corrected chi connectivity index (χ1v) is 8.95. The molecule has 0 N–H and O–H groups in total. The molecule has 2 nitrogen and oxygen atoms in total. The van der Waals surface area contributed by atoms with Gasteiger partial charge < -0.3 is 9.59 Å². The minimum Gasteiger partial charge on any atom is -0.303 e. The quantitative estimate of drug-likeness (QED) is 0.513.